The molecule has 1 aromatic rings. The van der Waals surface area contributed by atoms with Gasteiger partial charge in [0.05, 0.1) is 33.7 Å². The van der Waals surface area contributed by atoms with E-state index in [2.05, 4.69) is 28.1 Å². The lowest BCUT2D eigenvalue weighted by atomic mass is 10.1. The summed E-state index contributed by atoms with van der Waals surface area (Å²) in [6.07, 6.45) is 17.7. The Labute approximate surface area is 186 Å². The van der Waals surface area contributed by atoms with Gasteiger partial charge < -0.3 is 20.1 Å². The Morgan fingerprint density at radius 1 is 0.833 bits per heavy atom. The van der Waals surface area contributed by atoms with Gasteiger partial charge in [-0.3, -0.25) is 0 Å². The van der Waals surface area contributed by atoms with Crippen molar-refractivity contribution in [2.24, 2.45) is 5.73 Å². The van der Waals surface area contributed by atoms with E-state index < -0.39 is 12.0 Å². The first-order valence-electron chi connectivity index (χ1n) is 12.1. The Morgan fingerprint density at radius 3 is 1.67 bits per heavy atom. The topological polar surface area (TPSA) is 66.2 Å². The summed E-state index contributed by atoms with van der Waals surface area (Å²) in [7, 11) is 6.87. The van der Waals surface area contributed by atoms with E-state index in [4.69, 9.17) is 5.73 Å². The Bertz CT molecular complexity index is 512. The first-order chi connectivity index (χ1) is 14.3. The molecule has 0 heterocycles. The van der Waals surface area contributed by atoms with E-state index in [1.165, 1.54) is 83.6 Å². The minimum Gasteiger partial charge on any atom is -0.548 e. The second kappa shape index (κ2) is 18.4. The minimum atomic E-state index is -1.21. The maximum absolute atomic E-state index is 10.3. The summed E-state index contributed by atoms with van der Waals surface area (Å²) in [6, 6.07) is 8.32. The highest BCUT2D eigenvalue weighted by atomic mass is 16.4. The number of benzene rings is 1. The van der Waals surface area contributed by atoms with Gasteiger partial charge in [0.1, 0.15) is 0 Å². The maximum Gasteiger partial charge on any atom is 0.0780 e. The SMILES string of the molecule is CCCCCCCCCCCCCC[N+](C)(C)C.N[C@@H](Cc1ccccc1)C(=O)[O-]. The predicted octanol–water partition coefficient (Wildman–Crippen LogP) is 4.70. The molecule has 4 heteroatoms. The van der Waals surface area contributed by atoms with E-state index >= 15 is 0 Å². The smallest absolute Gasteiger partial charge is 0.0780 e. The summed E-state index contributed by atoms with van der Waals surface area (Å²) in [5, 5.41) is 10.3. The van der Waals surface area contributed by atoms with Gasteiger partial charge >= 0.3 is 0 Å². The van der Waals surface area contributed by atoms with Crippen LogP contribution in [-0.4, -0.2) is 44.2 Å². The molecule has 30 heavy (non-hydrogen) atoms. The minimum absolute atomic E-state index is 0.323. The van der Waals surface area contributed by atoms with Gasteiger partial charge in [0.2, 0.25) is 0 Å². The normalized spacial score (nSPS) is 12.2. The van der Waals surface area contributed by atoms with Crippen LogP contribution in [0.15, 0.2) is 30.3 Å². The van der Waals surface area contributed by atoms with Crippen LogP contribution < -0.4 is 10.8 Å². The summed E-state index contributed by atoms with van der Waals surface area (Å²) in [4.78, 5) is 10.3. The molecule has 1 rings (SSSR count). The first-order valence-corrected chi connectivity index (χ1v) is 12.1. The standard InChI is InChI=1S/C17H38N.C9H11NO2/c1-5-6-7-8-9-10-11-12-13-14-15-16-17-18(2,3)4;10-8(9(11)12)6-7-4-2-1-3-5-7/h5-17H2,1-4H3;1-5,8H,6,10H2,(H,11,12)/q+1;/p-1/t;8-/m.0/s1. The van der Waals surface area contributed by atoms with Crippen LogP contribution in [0.5, 0.6) is 0 Å². The number of unbranched alkanes of at least 4 members (excludes halogenated alkanes) is 11. The number of carboxylic acids is 1. The first kappa shape index (κ1) is 28.6. The van der Waals surface area contributed by atoms with Crippen molar-refractivity contribution in [3.05, 3.63) is 35.9 Å². The molecule has 0 unspecified atom stereocenters. The van der Waals surface area contributed by atoms with Gasteiger partial charge in [-0.1, -0.05) is 101 Å². The van der Waals surface area contributed by atoms with Crippen molar-refractivity contribution in [2.75, 3.05) is 27.7 Å². The molecule has 0 aliphatic rings. The zero-order valence-corrected chi connectivity index (χ0v) is 20.2. The Morgan fingerprint density at radius 2 is 1.27 bits per heavy atom. The van der Waals surface area contributed by atoms with E-state index in [9.17, 15) is 9.90 Å². The van der Waals surface area contributed by atoms with Gasteiger partial charge in [-0.15, -0.1) is 0 Å². The predicted molar refractivity (Wildman–Crippen MR) is 127 cm³/mol. The number of hydrogen-bond acceptors (Lipinski definition) is 3. The lowest BCUT2D eigenvalue weighted by Gasteiger charge is -2.23. The molecule has 0 saturated heterocycles. The van der Waals surface area contributed by atoms with Crippen molar-refractivity contribution in [2.45, 2.75) is 96.4 Å². The van der Waals surface area contributed by atoms with E-state index in [1.54, 1.807) is 0 Å². The highest BCUT2D eigenvalue weighted by Crippen LogP contribution is 2.12. The third-order valence-corrected chi connectivity index (χ3v) is 5.28. The van der Waals surface area contributed by atoms with Crippen molar-refractivity contribution in [1.29, 1.82) is 0 Å². The molecule has 0 saturated carbocycles. The number of carboxylic acid groups (broad SMARTS) is 1. The summed E-state index contributed by atoms with van der Waals surface area (Å²) >= 11 is 0. The molecule has 174 valence electrons. The fourth-order valence-corrected chi connectivity index (χ4v) is 3.38. The molecule has 0 amide bonds. The van der Waals surface area contributed by atoms with E-state index in [0.29, 0.717) is 6.42 Å². The molecular weight excluding hydrogens is 372 g/mol. The fourth-order valence-electron chi connectivity index (χ4n) is 3.38. The number of nitrogens with zero attached hydrogens (tertiary/aromatic N) is 1. The fraction of sp³-hybridized carbons (Fsp3) is 0.731. The number of quaternary nitrogens is 1. The van der Waals surface area contributed by atoms with E-state index in [1.807, 2.05) is 30.3 Å². The van der Waals surface area contributed by atoms with Crippen LogP contribution in [0.4, 0.5) is 0 Å². The molecular formula is C26H48N2O2. The lowest BCUT2D eigenvalue weighted by molar-refractivity contribution is -0.870. The van der Waals surface area contributed by atoms with Crippen LogP contribution in [0.1, 0.15) is 89.5 Å². The zero-order chi connectivity index (χ0) is 22.7. The van der Waals surface area contributed by atoms with Gasteiger partial charge in [-0.25, -0.2) is 0 Å². The van der Waals surface area contributed by atoms with Crippen molar-refractivity contribution < 1.29 is 14.4 Å². The molecule has 1 atom stereocenters. The van der Waals surface area contributed by atoms with Crippen LogP contribution in [0.2, 0.25) is 0 Å². The molecule has 0 aliphatic carbocycles. The third-order valence-electron chi connectivity index (χ3n) is 5.28. The van der Waals surface area contributed by atoms with Gasteiger partial charge in [-0.05, 0) is 24.8 Å². The van der Waals surface area contributed by atoms with Gasteiger partial charge in [0, 0.05) is 6.04 Å². The van der Waals surface area contributed by atoms with Gasteiger partial charge in [-0.2, -0.15) is 0 Å². The second-order valence-corrected chi connectivity index (χ2v) is 9.52. The number of carbonyl (C=O) groups excluding carboxylic acids is 1. The number of hydrogen-bond donors (Lipinski definition) is 1. The van der Waals surface area contributed by atoms with E-state index in [-0.39, 0.29) is 0 Å². The Kier molecular flexibility index (Phi) is 17.5. The monoisotopic (exact) mass is 420 g/mol. The van der Waals surface area contributed by atoms with Crippen molar-refractivity contribution in [3.8, 4) is 0 Å². The van der Waals surface area contributed by atoms with Crippen LogP contribution in [-0.2, 0) is 11.2 Å². The molecule has 0 aromatic heterocycles. The largest absolute Gasteiger partial charge is 0.548 e. The highest BCUT2D eigenvalue weighted by molar-refractivity contribution is 5.71. The van der Waals surface area contributed by atoms with E-state index in [0.717, 1.165) is 10.0 Å². The Hall–Kier alpha value is -1.39. The average Bonchev–Trinajstić information content (AvgIpc) is 2.69. The number of carbonyl (C=O) groups is 1. The molecule has 0 fully saturated rings. The van der Waals surface area contributed by atoms with Crippen LogP contribution >= 0.6 is 0 Å². The number of rotatable bonds is 16. The summed E-state index contributed by atoms with van der Waals surface area (Å²) in [5.41, 5.74) is 6.20. The molecule has 1 aromatic carbocycles. The summed E-state index contributed by atoms with van der Waals surface area (Å²) in [6.45, 7) is 3.62. The third kappa shape index (κ3) is 19.9. The average molecular weight is 421 g/mol. The molecule has 0 radical (unpaired) electrons. The molecule has 4 nitrogen and oxygen atoms in total. The van der Waals surface area contributed by atoms with Gasteiger partial charge in [0.15, 0.2) is 0 Å². The molecule has 0 spiro atoms. The summed E-state index contributed by atoms with van der Waals surface area (Å²) in [5.74, 6) is -1.21. The molecule has 0 aliphatic heterocycles. The van der Waals surface area contributed by atoms with Crippen molar-refractivity contribution >= 4 is 5.97 Å². The second-order valence-electron chi connectivity index (χ2n) is 9.52. The zero-order valence-electron chi connectivity index (χ0n) is 20.2. The highest BCUT2D eigenvalue weighted by Gasteiger charge is 2.05. The number of aliphatic carboxylic acids is 1. The number of nitrogens with two attached hydrogens (primary N) is 1. The van der Waals surface area contributed by atoms with Crippen molar-refractivity contribution in [1.82, 2.24) is 0 Å². The molecule has 2 N–H and O–H groups in total. The maximum atomic E-state index is 10.3. The summed E-state index contributed by atoms with van der Waals surface area (Å²) < 4.78 is 1.12. The quantitative estimate of drug-likeness (QED) is 0.311. The Balaban J connectivity index is 0.000000604. The van der Waals surface area contributed by atoms with Crippen LogP contribution in [0.25, 0.3) is 0 Å². The molecule has 0 bridgehead atoms. The van der Waals surface area contributed by atoms with Crippen LogP contribution in [0, 0.1) is 0 Å². The lowest BCUT2D eigenvalue weighted by Crippen LogP contribution is -2.43. The van der Waals surface area contributed by atoms with Crippen molar-refractivity contribution in [3.63, 3.8) is 0 Å². The van der Waals surface area contributed by atoms with Gasteiger partial charge in [0.25, 0.3) is 0 Å². The van der Waals surface area contributed by atoms with Crippen LogP contribution in [0.3, 0.4) is 0 Å².